The Morgan fingerprint density at radius 1 is 1.35 bits per heavy atom. The highest BCUT2D eigenvalue weighted by atomic mass is 16.6. The topological polar surface area (TPSA) is 56.6 Å². The fourth-order valence-corrected chi connectivity index (χ4v) is 2.66. The molecule has 1 amide bonds. The maximum Gasteiger partial charge on any atom is 0.410 e. The molecular formula is C15H23N3O2. The summed E-state index contributed by atoms with van der Waals surface area (Å²) in [5.41, 5.74) is 0.782. The Kier molecular flexibility index (Phi) is 4.34. The van der Waals surface area contributed by atoms with E-state index in [0.29, 0.717) is 6.04 Å². The van der Waals surface area contributed by atoms with E-state index in [0.717, 1.165) is 39.0 Å². The van der Waals surface area contributed by atoms with Crippen LogP contribution < -0.4 is 0 Å². The van der Waals surface area contributed by atoms with Crippen molar-refractivity contribution < 1.29 is 9.53 Å². The molecule has 0 saturated carbocycles. The molecule has 0 aromatic heterocycles. The Bertz CT molecular complexity index is 429. The van der Waals surface area contributed by atoms with Gasteiger partial charge in [-0.25, -0.2) is 4.79 Å². The molecule has 110 valence electrons. The number of hydrogen-bond acceptors (Lipinski definition) is 4. The number of amides is 1. The van der Waals surface area contributed by atoms with Gasteiger partial charge in [-0.2, -0.15) is 5.26 Å². The van der Waals surface area contributed by atoms with E-state index < -0.39 is 5.60 Å². The van der Waals surface area contributed by atoms with E-state index in [1.165, 1.54) is 5.57 Å². The monoisotopic (exact) mass is 277 g/mol. The van der Waals surface area contributed by atoms with E-state index in [-0.39, 0.29) is 6.09 Å². The zero-order valence-corrected chi connectivity index (χ0v) is 12.6. The van der Waals surface area contributed by atoms with Crippen molar-refractivity contribution in [3.63, 3.8) is 0 Å². The molecule has 2 aliphatic rings. The predicted molar refractivity (Wildman–Crippen MR) is 76.1 cm³/mol. The Labute approximate surface area is 120 Å². The Hall–Kier alpha value is -1.54. The van der Waals surface area contributed by atoms with Crippen LogP contribution in [0, 0.1) is 11.3 Å². The molecule has 0 atom stereocenters. The van der Waals surface area contributed by atoms with Crippen LogP contribution >= 0.6 is 0 Å². The molecule has 0 aromatic rings. The van der Waals surface area contributed by atoms with Crippen LogP contribution in [0.1, 0.15) is 33.6 Å². The minimum absolute atomic E-state index is 0.204. The van der Waals surface area contributed by atoms with Gasteiger partial charge in [-0.3, -0.25) is 4.90 Å². The van der Waals surface area contributed by atoms with Crippen molar-refractivity contribution >= 4 is 6.09 Å². The van der Waals surface area contributed by atoms with Crippen LogP contribution in [0.4, 0.5) is 4.79 Å². The van der Waals surface area contributed by atoms with Crippen molar-refractivity contribution in [3.05, 3.63) is 11.6 Å². The molecule has 0 aliphatic carbocycles. The number of rotatable bonds is 1. The van der Waals surface area contributed by atoms with Gasteiger partial charge in [-0.15, -0.1) is 0 Å². The van der Waals surface area contributed by atoms with Crippen LogP contribution in [0.3, 0.4) is 0 Å². The molecule has 20 heavy (non-hydrogen) atoms. The number of nitrogens with zero attached hydrogens (tertiary/aromatic N) is 3. The number of nitriles is 1. The smallest absolute Gasteiger partial charge is 0.410 e. The van der Waals surface area contributed by atoms with Crippen molar-refractivity contribution in [2.24, 2.45) is 0 Å². The second-order valence-corrected chi connectivity index (χ2v) is 6.54. The zero-order valence-electron chi connectivity index (χ0n) is 12.6. The maximum absolute atomic E-state index is 12.0. The van der Waals surface area contributed by atoms with E-state index in [1.807, 2.05) is 20.8 Å². The molecule has 0 N–H and O–H groups in total. The molecule has 5 heteroatoms. The first-order valence-corrected chi connectivity index (χ1v) is 7.18. The molecule has 0 bridgehead atoms. The standard InChI is InChI=1S/C15H23N3O2/c1-15(2,3)20-14(19)17-8-5-13(6-9-17)18-10-12(11-18)4-7-16/h4,13H,5-6,8-11H2,1-3H3. The summed E-state index contributed by atoms with van der Waals surface area (Å²) in [5.74, 6) is 0. The first kappa shape index (κ1) is 14.9. The molecular weight excluding hydrogens is 254 g/mol. The summed E-state index contributed by atoms with van der Waals surface area (Å²) in [5, 5.41) is 8.58. The molecule has 2 saturated heterocycles. The van der Waals surface area contributed by atoms with E-state index in [9.17, 15) is 4.79 Å². The number of ether oxygens (including phenoxy) is 1. The van der Waals surface area contributed by atoms with Crippen molar-refractivity contribution in [2.45, 2.75) is 45.3 Å². The SMILES string of the molecule is CC(C)(C)OC(=O)N1CCC(N2CC(=CC#N)C2)CC1. The molecule has 2 fully saturated rings. The summed E-state index contributed by atoms with van der Waals surface area (Å²) in [6.45, 7) is 9.00. The second-order valence-electron chi connectivity index (χ2n) is 6.54. The van der Waals surface area contributed by atoms with Crippen LogP contribution in [-0.2, 0) is 4.74 Å². The second kappa shape index (κ2) is 5.84. The van der Waals surface area contributed by atoms with E-state index >= 15 is 0 Å². The number of carbonyl (C=O) groups is 1. The summed E-state index contributed by atoms with van der Waals surface area (Å²) in [6, 6.07) is 2.61. The van der Waals surface area contributed by atoms with Crippen molar-refractivity contribution in [1.82, 2.24) is 9.80 Å². The number of carbonyl (C=O) groups excluding carboxylic acids is 1. The quantitative estimate of drug-likeness (QED) is 0.689. The van der Waals surface area contributed by atoms with Crippen molar-refractivity contribution in [2.75, 3.05) is 26.2 Å². The van der Waals surface area contributed by atoms with Gasteiger partial charge in [-0.1, -0.05) is 0 Å². The first-order chi connectivity index (χ1) is 9.39. The van der Waals surface area contributed by atoms with Crippen molar-refractivity contribution in [1.29, 1.82) is 5.26 Å². The molecule has 0 aromatic carbocycles. The third-order valence-electron chi connectivity index (χ3n) is 3.71. The Morgan fingerprint density at radius 3 is 2.45 bits per heavy atom. The third-order valence-corrected chi connectivity index (χ3v) is 3.71. The summed E-state index contributed by atoms with van der Waals surface area (Å²) in [6.07, 6.45) is 3.41. The van der Waals surface area contributed by atoms with Gasteiger partial charge in [0.25, 0.3) is 0 Å². The minimum Gasteiger partial charge on any atom is -0.444 e. The van der Waals surface area contributed by atoms with E-state index in [2.05, 4.69) is 11.0 Å². The van der Waals surface area contributed by atoms with Crippen LogP contribution in [0.5, 0.6) is 0 Å². The lowest BCUT2D eigenvalue weighted by molar-refractivity contribution is 0.0130. The Balaban J connectivity index is 1.75. The molecule has 0 spiro atoms. The van der Waals surface area contributed by atoms with Gasteiger partial charge in [0.15, 0.2) is 0 Å². The van der Waals surface area contributed by atoms with Crippen LogP contribution in [0.15, 0.2) is 11.6 Å². The fraction of sp³-hybridized carbons (Fsp3) is 0.733. The molecule has 2 heterocycles. The lowest BCUT2D eigenvalue weighted by Gasteiger charge is -2.44. The van der Waals surface area contributed by atoms with Gasteiger partial charge in [0.2, 0.25) is 0 Å². The van der Waals surface area contributed by atoms with E-state index in [1.54, 1.807) is 11.0 Å². The third kappa shape index (κ3) is 3.73. The van der Waals surface area contributed by atoms with Gasteiger partial charge in [0.1, 0.15) is 5.60 Å². The normalized spacial score (nSPS) is 21.1. The average molecular weight is 277 g/mol. The highest BCUT2D eigenvalue weighted by molar-refractivity contribution is 5.68. The Morgan fingerprint density at radius 2 is 1.95 bits per heavy atom. The molecule has 0 radical (unpaired) electrons. The highest BCUT2D eigenvalue weighted by Crippen LogP contribution is 2.25. The van der Waals surface area contributed by atoms with E-state index in [4.69, 9.17) is 10.00 Å². The summed E-state index contributed by atoms with van der Waals surface area (Å²) < 4.78 is 5.39. The van der Waals surface area contributed by atoms with Crippen LogP contribution in [-0.4, -0.2) is 53.7 Å². The van der Waals surface area contributed by atoms with Gasteiger partial charge < -0.3 is 9.64 Å². The fourth-order valence-electron chi connectivity index (χ4n) is 2.66. The number of hydrogen-bond donors (Lipinski definition) is 0. The van der Waals surface area contributed by atoms with Crippen molar-refractivity contribution in [3.8, 4) is 6.07 Å². The first-order valence-electron chi connectivity index (χ1n) is 7.18. The highest BCUT2D eigenvalue weighted by Gasteiger charge is 2.32. The largest absolute Gasteiger partial charge is 0.444 e. The van der Waals surface area contributed by atoms with Gasteiger partial charge in [0, 0.05) is 38.3 Å². The number of likely N-dealkylation sites (tertiary alicyclic amines) is 2. The van der Waals surface area contributed by atoms with Crippen LogP contribution in [0.25, 0.3) is 0 Å². The molecule has 2 aliphatic heterocycles. The summed E-state index contributed by atoms with van der Waals surface area (Å²) in [4.78, 5) is 16.1. The van der Waals surface area contributed by atoms with Gasteiger partial charge >= 0.3 is 6.09 Å². The maximum atomic E-state index is 12.0. The van der Waals surface area contributed by atoms with Crippen LogP contribution in [0.2, 0.25) is 0 Å². The molecule has 2 rings (SSSR count). The zero-order chi connectivity index (χ0) is 14.8. The van der Waals surface area contributed by atoms with Gasteiger partial charge in [0.05, 0.1) is 6.07 Å². The number of allylic oxidation sites excluding steroid dienone is 1. The average Bonchev–Trinajstić information content (AvgIpc) is 2.31. The summed E-state index contributed by atoms with van der Waals surface area (Å²) in [7, 11) is 0. The van der Waals surface area contributed by atoms with Gasteiger partial charge in [-0.05, 0) is 39.2 Å². The number of piperidine rings is 1. The summed E-state index contributed by atoms with van der Waals surface area (Å²) >= 11 is 0. The lowest BCUT2D eigenvalue weighted by Crippen LogP contribution is -2.52. The molecule has 0 unspecified atom stereocenters. The molecule has 5 nitrogen and oxygen atoms in total. The predicted octanol–water partition coefficient (Wildman–Crippen LogP) is 2.15. The minimum atomic E-state index is -0.428. The lowest BCUT2D eigenvalue weighted by atomic mass is 9.97.